The minimum Gasteiger partial charge on any atom is -0.313 e. The SMILES string of the molecule is CCCC1CCC(NCCS(=O)CC)CC1. The molecule has 0 saturated heterocycles. The fourth-order valence-electron chi connectivity index (χ4n) is 2.58. The molecule has 1 atom stereocenters. The largest absolute Gasteiger partial charge is 0.313 e. The van der Waals surface area contributed by atoms with E-state index in [2.05, 4.69) is 12.2 Å². The second kappa shape index (κ2) is 8.24. The number of hydrogen-bond donors (Lipinski definition) is 1. The fraction of sp³-hybridized carbons (Fsp3) is 1.00. The van der Waals surface area contributed by atoms with Crippen molar-refractivity contribution in [2.75, 3.05) is 18.1 Å². The van der Waals surface area contributed by atoms with Crippen LogP contribution in [0.4, 0.5) is 0 Å². The number of nitrogens with one attached hydrogen (secondary N) is 1. The molecule has 96 valence electrons. The van der Waals surface area contributed by atoms with E-state index in [4.69, 9.17) is 0 Å². The lowest BCUT2D eigenvalue weighted by atomic mass is 9.83. The lowest BCUT2D eigenvalue weighted by Gasteiger charge is -2.29. The van der Waals surface area contributed by atoms with E-state index in [0.29, 0.717) is 6.04 Å². The first kappa shape index (κ1) is 14.2. The van der Waals surface area contributed by atoms with Crippen molar-refractivity contribution in [2.24, 2.45) is 5.92 Å². The van der Waals surface area contributed by atoms with Gasteiger partial charge in [0.1, 0.15) is 0 Å². The third-order valence-corrected chi connectivity index (χ3v) is 4.93. The topological polar surface area (TPSA) is 29.1 Å². The molecule has 1 saturated carbocycles. The van der Waals surface area contributed by atoms with Gasteiger partial charge in [-0.25, -0.2) is 0 Å². The summed E-state index contributed by atoms with van der Waals surface area (Å²) in [6, 6.07) is 0.696. The summed E-state index contributed by atoms with van der Waals surface area (Å²) in [4.78, 5) is 0. The molecule has 0 aliphatic heterocycles. The van der Waals surface area contributed by atoms with Crippen LogP contribution >= 0.6 is 0 Å². The van der Waals surface area contributed by atoms with E-state index in [-0.39, 0.29) is 0 Å². The van der Waals surface area contributed by atoms with E-state index in [9.17, 15) is 4.21 Å². The standard InChI is InChI=1S/C13H27NOS/c1-3-5-12-6-8-13(9-7-12)14-10-11-16(15)4-2/h12-14H,3-11H2,1-2H3. The van der Waals surface area contributed by atoms with Gasteiger partial charge in [-0.2, -0.15) is 0 Å². The van der Waals surface area contributed by atoms with Gasteiger partial charge in [0.15, 0.2) is 0 Å². The molecule has 1 N–H and O–H groups in total. The molecule has 16 heavy (non-hydrogen) atoms. The molecule has 1 rings (SSSR count). The Morgan fingerprint density at radius 3 is 2.44 bits per heavy atom. The number of rotatable bonds is 7. The van der Waals surface area contributed by atoms with Crippen molar-refractivity contribution in [3.05, 3.63) is 0 Å². The Hall–Kier alpha value is 0.110. The zero-order chi connectivity index (χ0) is 11.8. The normalized spacial score (nSPS) is 27.9. The van der Waals surface area contributed by atoms with Gasteiger partial charge in [0.2, 0.25) is 0 Å². The highest BCUT2D eigenvalue weighted by Gasteiger charge is 2.19. The maximum Gasteiger partial charge on any atom is 0.0360 e. The van der Waals surface area contributed by atoms with E-state index in [1.807, 2.05) is 6.92 Å². The summed E-state index contributed by atoms with van der Waals surface area (Å²) in [5.74, 6) is 2.60. The molecule has 0 amide bonds. The van der Waals surface area contributed by atoms with E-state index in [0.717, 1.165) is 24.0 Å². The molecular formula is C13H27NOS. The molecule has 1 fully saturated rings. The van der Waals surface area contributed by atoms with Crippen LogP contribution in [0.5, 0.6) is 0 Å². The van der Waals surface area contributed by atoms with Crippen molar-refractivity contribution in [1.29, 1.82) is 0 Å². The lowest BCUT2D eigenvalue weighted by Crippen LogP contribution is -2.35. The molecule has 1 aliphatic rings. The van der Waals surface area contributed by atoms with E-state index in [1.165, 1.54) is 38.5 Å². The van der Waals surface area contributed by atoms with Crippen LogP contribution in [0.1, 0.15) is 52.4 Å². The first-order valence-corrected chi connectivity index (χ1v) is 8.33. The first-order chi connectivity index (χ1) is 7.76. The summed E-state index contributed by atoms with van der Waals surface area (Å²) in [5.41, 5.74) is 0. The van der Waals surface area contributed by atoms with Crippen molar-refractivity contribution in [1.82, 2.24) is 5.32 Å². The summed E-state index contributed by atoms with van der Waals surface area (Å²) < 4.78 is 11.3. The molecule has 2 nitrogen and oxygen atoms in total. The second-order valence-corrected chi connectivity index (χ2v) is 6.76. The molecule has 0 aromatic rings. The summed E-state index contributed by atoms with van der Waals surface area (Å²) >= 11 is 0. The van der Waals surface area contributed by atoms with Gasteiger partial charge in [0.25, 0.3) is 0 Å². The van der Waals surface area contributed by atoms with Gasteiger partial charge < -0.3 is 5.32 Å². The third kappa shape index (κ3) is 5.44. The summed E-state index contributed by atoms with van der Waals surface area (Å²) in [5, 5.41) is 3.56. The van der Waals surface area contributed by atoms with Crippen molar-refractivity contribution in [3.8, 4) is 0 Å². The highest BCUT2D eigenvalue weighted by atomic mass is 32.2. The van der Waals surface area contributed by atoms with Crippen molar-refractivity contribution in [3.63, 3.8) is 0 Å². The average molecular weight is 245 g/mol. The number of hydrogen-bond acceptors (Lipinski definition) is 2. The minimum absolute atomic E-state index is 0.604. The predicted octanol–water partition coefficient (Wildman–Crippen LogP) is 2.70. The summed E-state index contributed by atoms with van der Waals surface area (Å²) in [7, 11) is -0.604. The van der Waals surface area contributed by atoms with E-state index in [1.54, 1.807) is 0 Å². The van der Waals surface area contributed by atoms with E-state index < -0.39 is 10.8 Å². The van der Waals surface area contributed by atoms with Crippen LogP contribution in [-0.2, 0) is 10.8 Å². The van der Waals surface area contributed by atoms with Gasteiger partial charge >= 0.3 is 0 Å². The van der Waals surface area contributed by atoms with Crippen molar-refractivity contribution in [2.45, 2.75) is 58.4 Å². The van der Waals surface area contributed by atoms with Crippen LogP contribution in [0, 0.1) is 5.92 Å². The predicted molar refractivity (Wildman–Crippen MR) is 72.2 cm³/mol. The molecule has 0 bridgehead atoms. The van der Waals surface area contributed by atoms with Gasteiger partial charge in [-0.3, -0.25) is 4.21 Å². The Kier molecular flexibility index (Phi) is 7.30. The molecule has 0 radical (unpaired) electrons. The molecule has 0 heterocycles. The highest BCUT2D eigenvalue weighted by molar-refractivity contribution is 7.84. The minimum atomic E-state index is -0.604. The summed E-state index contributed by atoms with van der Waals surface area (Å²) in [6.45, 7) is 5.21. The molecular weight excluding hydrogens is 218 g/mol. The van der Waals surface area contributed by atoms with Crippen LogP contribution in [0.3, 0.4) is 0 Å². The second-order valence-electron chi connectivity index (χ2n) is 4.89. The van der Waals surface area contributed by atoms with Crippen LogP contribution in [-0.4, -0.2) is 28.3 Å². The van der Waals surface area contributed by atoms with Crippen molar-refractivity contribution < 1.29 is 4.21 Å². The lowest BCUT2D eigenvalue weighted by molar-refractivity contribution is 0.281. The zero-order valence-corrected chi connectivity index (χ0v) is 11.7. The van der Waals surface area contributed by atoms with Gasteiger partial charge in [-0.1, -0.05) is 26.7 Å². The van der Waals surface area contributed by atoms with Crippen LogP contribution in [0.2, 0.25) is 0 Å². The van der Waals surface area contributed by atoms with Crippen molar-refractivity contribution >= 4 is 10.8 Å². The molecule has 3 heteroatoms. The van der Waals surface area contributed by atoms with E-state index >= 15 is 0 Å². The Bertz CT molecular complexity index is 200. The monoisotopic (exact) mass is 245 g/mol. The zero-order valence-electron chi connectivity index (χ0n) is 10.8. The van der Waals surface area contributed by atoms with Gasteiger partial charge in [-0.15, -0.1) is 0 Å². The Morgan fingerprint density at radius 2 is 1.88 bits per heavy atom. The maximum absolute atomic E-state index is 11.3. The smallest absolute Gasteiger partial charge is 0.0360 e. The molecule has 1 aliphatic carbocycles. The Balaban J connectivity index is 2.06. The fourth-order valence-corrected chi connectivity index (χ4v) is 3.22. The Labute approximate surface area is 103 Å². The average Bonchev–Trinajstić information content (AvgIpc) is 2.31. The quantitative estimate of drug-likeness (QED) is 0.747. The third-order valence-electron chi connectivity index (χ3n) is 3.63. The van der Waals surface area contributed by atoms with Crippen LogP contribution in [0.15, 0.2) is 0 Å². The maximum atomic E-state index is 11.3. The molecule has 0 spiro atoms. The molecule has 1 unspecified atom stereocenters. The summed E-state index contributed by atoms with van der Waals surface area (Å²) in [6.07, 6.45) is 8.17. The first-order valence-electron chi connectivity index (χ1n) is 6.84. The highest BCUT2D eigenvalue weighted by Crippen LogP contribution is 2.27. The molecule has 0 aromatic heterocycles. The van der Waals surface area contributed by atoms with Gasteiger partial charge in [-0.05, 0) is 31.6 Å². The Morgan fingerprint density at radius 1 is 1.19 bits per heavy atom. The molecule has 0 aromatic carbocycles. The van der Waals surface area contributed by atoms with Gasteiger partial charge in [0.05, 0.1) is 0 Å². The van der Waals surface area contributed by atoms with Gasteiger partial charge in [0, 0.05) is 34.9 Å². The van der Waals surface area contributed by atoms with Crippen LogP contribution in [0.25, 0.3) is 0 Å². The van der Waals surface area contributed by atoms with Crippen LogP contribution < -0.4 is 5.32 Å².